The van der Waals surface area contributed by atoms with Crippen molar-refractivity contribution in [2.75, 3.05) is 43.9 Å². The number of anilines is 2. The molecule has 1 aromatic rings. The summed E-state index contributed by atoms with van der Waals surface area (Å²) >= 11 is 0. The summed E-state index contributed by atoms with van der Waals surface area (Å²) in [6, 6.07) is 1.38. The van der Waals surface area contributed by atoms with Crippen LogP contribution >= 0.6 is 0 Å². The number of nitrogen functional groups attached to an aromatic ring is 1. The van der Waals surface area contributed by atoms with Crippen molar-refractivity contribution in [1.29, 1.82) is 0 Å². The summed E-state index contributed by atoms with van der Waals surface area (Å²) in [7, 11) is 1.97. The zero-order valence-corrected chi connectivity index (χ0v) is 9.91. The molecule has 2 heterocycles. The summed E-state index contributed by atoms with van der Waals surface area (Å²) in [5, 5.41) is 0. The molecule has 100 valence electrons. The largest absolute Gasteiger partial charge is 0.451 e. The number of alkyl halides is 3. The molecule has 1 saturated heterocycles. The van der Waals surface area contributed by atoms with E-state index >= 15 is 0 Å². The lowest BCUT2D eigenvalue weighted by molar-refractivity contribution is -0.144. The van der Waals surface area contributed by atoms with E-state index in [9.17, 15) is 13.2 Å². The van der Waals surface area contributed by atoms with E-state index in [0.29, 0.717) is 13.1 Å². The molecular formula is C10H14F3N5. The van der Waals surface area contributed by atoms with Crippen LogP contribution in [0.2, 0.25) is 0 Å². The second-order valence-electron chi connectivity index (χ2n) is 4.26. The molecule has 0 unspecified atom stereocenters. The molecule has 0 amide bonds. The quantitative estimate of drug-likeness (QED) is 0.811. The Kier molecular flexibility index (Phi) is 3.29. The van der Waals surface area contributed by atoms with Crippen LogP contribution in [0.1, 0.15) is 5.82 Å². The first-order valence-electron chi connectivity index (χ1n) is 5.51. The van der Waals surface area contributed by atoms with Gasteiger partial charge in [-0.2, -0.15) is 13.2 Å². The molecule has 0 atom stereocenters. The molecule has 0 aliphatic carbocycles. The van der Waals surface area contributed by atoms with Crippen LogP contribution in [-0.2, 0) is 6.18 Å². The second kappa shape index (κ2) is 4.60. The van der Waals surface area contributed by atoms with Crippen LogP contribution in [-0.4, -0.2) is 48.1 Å². The van der Waals surface area contributed by atoms with Gasteiger partial charge < -0.3 is 15.5 Å². The van der Waals surface area contributed by atoms with E-state index in [-0.39, 0.29) is 11.6 Å². The minimum atomic E-state index is -4.57. The van der Waals surface area contributed by atoms with Crippen LogP contribution in [0.3, 0.4) is 0 Å². The molecule has 1 aliphatic rings. The van der Waals surface area contributed by atoms with Gasteiger partial charge in [0.15, 0.2) is 0 Å². The van der Waals surface area contributed by atoms with E-state index in [2.05, 4.69) is 14.9 Å². The zero-order valence-electron chi connectivity index (χ0n) is 9.91. The summed E-state index contributed by atoms with van der Waals surface area (Å²) in [5.74, 6) is -1.11. The molecule has 0 aromatic carbocycles. The van der Waals surface area contributed by atoms with Crippen LogP contribution in [0.25, 0.3) is 0 Å². The van der Waals surface area contributed by atoms with Crippen molar-refractivity contribution in [3.8, 4) is 0 Å². The van der Waals surface area contributed by atoms with Gasteiger partial charge in [0.25, 0.3) is 0 Å². The van der Waals surface area contributed by atoms with Crippen molar-refractivity contribution < 1.29 is 13.2 Å². The number of halogens is 3. The maximum atomic E-state index is 12.6. The van der Waals surface area contributed by atoms with E-state index in [1.165, 1.54) is 6.07 Å². The highest BCUT2D eigenvalue weighted by Gasteiger charge is 2.35. The standard InChI is InChI=1S/C10H14F3N5/c1-17-2-4-18(5-3-17)8-6-7(14)15-9(16-8)10(11,12)13/h6H,2-5H2,1H3,(H2,14,15,16). The van der Waals surface area contributed by atoms with E-state index in [1.54, 1.807) is 4.90 Å². The Labute approximate surface area is 102 Å². The molecule has 0 radical (unpaired) electrons. The molecule has 1 aromatic heterocycles. The van der Waals surface area contributed by atoms with Crippen molar-refractivity contribution in [3.05, 3.63) is 11.9 Å². The van der Waals surface area contributed by atoms with Gasteiger partial charge in [-0.15, -0.1) is 0 Å². The summed E-state index contributed by atoms with van der Waals surface area (Å²) in [6.07, 6.45) is -4.57. The molecular weight excluding hydrogens is 247 g/mol. The summed E-state index contributed by atoms with van der Waals surface area (Å²) in [6.45, 7) is 2.82. The first kappa shape index (κ1) is 12.9. The number of hydrogen-bond acceptors (Lipinski definition) is 5. The maximum Gasteiger partial charge on any atom is 0.451 e. The van der Waals surface area contributed by atoms with Gasteiger partial charge in [0.1, 0.15) is 11.6 Å². The lowest BCUT2D eigenvalue weighted by Crippen LogP contribution is -2.45. The Morgan fingerprint density at radius 2 is 1.78 bits per heavy atom. The minimum absolute atomic E-state index is 0.161. The molecule has 8 heteroatoms. The highest BCUT2D eigenvalue weighted by molar-refractivity contribution is 5.47. The Morgan fingerprint density at radius 3 is 2.33 bits per heavy atom. The Balaban J connectivity index is 2.25. The van der Waals surface area contributed by atoms with Crippen molar-refractivity contribution >= 4 is 11.6 Å². The third-order valence-electron chi connectivity index (χ3n) is 2.81. The van der Waals surface area contributed by atoms with Crippen molar-refractivity contribution in [1.82, 2.24) is 14.9 Å². The number of nitrogens with two attached hydrogens (primary N) is 1. The summed E-state index contributed by atoms with van der Waals surface area (Å²) in [5.41, 5.74) is 5.40. The first-order valence-corrected chi connectivity index (χ1v) is 5.51. The topological polar surface area (TPSA) is 58.3 Å². The SMILES string of the molecule is CN1CCN(c2cc(N)nc(C(F)(F)F)n2)CC1. The number of likely N-dealkylation sites (N-methyl/N-ethyl adjacent to an activating group) is 1. The number of piperazine rings is 1. The molecule has 2 N–H and O–H groups in total. The predicted octanol–water partition coefficient (Wildman–Crippen LogP) is 0.829. The summed E-state index contributed by atoms with van der Waals surface area (Å²) < 4.78 is 37.7. The van der Waals surface area contributed by atoms with Gasteiger partial charge in [0.2, 0.25) is 5.82 Å². The van der Waals surface area contributed by atoms with Crippen LogP contribution in [0, 0.1) is 0 Å². The molecule has 2 rings (SSSR count). The maximum absolute atomic E-state index is 12.6. The van der Waals surface area contributed by atoms with Crippen molar-refractivity contribution in [3.63, 3.8) is 0 Å². The van der Waals surface area contributed by atoms with Crippen molar-refractivity contribution in [2.45, 2.75) is 6.18 Å². The minimum Gasteiger partial charge on any atom is -0.384 e. The third kappa shape index (κ3) is 2.81. The van der Waals surface area contributed by atoms with Crippen LogP contribution in [0.5, 0.6) is 0 Å². The highest BCUT2D eigenvalue weighted by Crippen LogP contribution is 2.28. The summed E-state index contributed by atoms with van der Waals surface area (Å²) in [4.78, 5) is 10.7. The molecule has 0 saturated carbocycles. The van der Waals surface area contributed by atoms with Gasteiger partial charge >= 0.3 is 6.18 Å². The zero-order chi connectivity index (χ0) is 13.3. The van der Waals surface area contributed by atoms with Gasteiger partial charge in [-0.05, 0) is 7.05 Å². The van der Waals surface area contributed by atoms with E-state index in [1.807, 2.05) is 7.05 Å². The van der Waals surface area contributed by atoms with Crippen LogP contribution < -0.4 is 10.6 Å². The first-order chi connectivity index (χ1) is 8.36. The fraction of sp³-hybridized carbons (Fsp3) is 0.600. The molecule has 5 nitrogen and oxygen atoms in total. The van der Waals surface area contributed by atoms with Gasteiger partial charge in [-0.3, -0.25) is 0 Å². The third-order valence-corrected chi connectivity index (χ3v) is 2.81. The number of hydrogen-bond donors (Lipinski definition) is 1. The van der Waals surface area contributed by atoms with E-state index < -0.39 is 12.0 Å². The predicted molar refractivity (Wildman–Crippen MR) is 61.2 cm³/mol. The molecule has 1 aliphatic heterocycles. The molecule has 18 heavy (non-hydrogen) atoms. The molecule has 1 fully saturated rings. The average Bonchev–Trinajstić information content (AvgIpc) is 2.28. The lowest BCUT2D eigenvalue weighted by atomic mass is 10.3. The fourth-order valence-electron chi connectivity index (χ4n) is 1.78. The van der Waals surface area contributed by atoms with Crippen LogP contribution in [0.4, 0.5) is 24.8 Å². The highest BCUT2D eigenvalue weighted by atomic mass is 19.4. The lowest BCUT2D eigenvalue weighted by Gasteiger charge is -2.33. The smallest absolute Gasteiger partial charge is 0.384 e. The Hall–Kier alpha value is -1.57. The van der Waals surface area contributed by atoms with Gasteiger partial charge in [0, 0.05) is 32.2 Å². The molecule has 0 spiro atoms. The monoisotopic (exact) mass is 261 g/mol. The number of nitrogens with zero attached hydrogens (tertiary/aromatic N) is 4. The van der Waals surface area contributed by atoms with E-state index in [4.69, 9.17) is 5.73 Å². The van der Waals surface area contributed by atoms with Crippen molar-refractivity contribution in [2.24, 2.45) is 0 Å². The van der Waals surface area contributed by atoms with Gasteiger partial charge in [0.05, 0.1) is 0 Å². The molecule has 0 bridgehead atoms. The van der Waals surface area contributed by atoms with E-state index in [0.717, 1.165) is 13.1 Å². The number of aromatic nitrogens is 2. The van der Waals surface area contributed by atoms with Gasteiger partial charge in [-0.1, -0.05) is 0 Å². The number of rotatable bonds is 1. The average molecular weight is 261 g/mol. The normalized spacial score (nSPS) is 18.1. The van der Waals surface area contributed by atoms with Crippen LogP contribution in [0.15, 0.2) is 6.07 Å². The second-order valence-corrected chi connectivity index (χ2v) is 4.26. The Morgan fingerprint density at radius 1 is 1.17 bits per heavy atom. The van der Waals surface area contributed by atoms with Gasteiger partial charge in [-0.25, -0.2) is 9.97 Å². The fourth-order valence-corrected chi connectivity index (χ4v) is 1.78. The Bertz CT molecular complexity index is 426.